The molecule has 5 heteroatoms. The number of piperidine rings is 1. The molecule has 0 bridgehead atoms. The molecule has 0 aliphatic carbocycles. The Balaban J connectivity index is 1.68. The molecule has 2 saturated heterocycles. The van der Waals surface area contributed by atoms with Gasteiger partial charge in [-0.15, -0.1) is 10.2 Å². The zero-order valence-electron chi connectivity index (χ0n) is 10.0. The molecule has 17 heavy (non-hydrogen) atoms. The molecule has 94 valence electrons. The normalized spacial score (nSPS) is 30.4. The van der Waals surface area contributed by atoms with E-state index in [2.05, 4.69) is 15.5 Å². The fourth-order valence-electron chi connectivity index (χ4n) is 2.54. The monoisotopic (exact) mass is 237 g/mol. The third-order valence-corrected chi connectivity index (χ3v) is 3.56. The highest BCUT2D eigenvalue weighted by atomic mass is 16.5. The molecule has 0 amide bonds. The first-order chi connectivity index (χ1) is 8.43. The van der Waals surface area contributed by atoms with Gasteiger partial charge in [-0.1, -0.05) is 0 Å². The summed E-state index contributed by atoms with van der Waals surface area (Å²) in [4.78, 5) is 0. The van der Waals surface area contributed by atoms with Gasteiger partial charge in [-0.2, -0.15) is 0 Å². The lowest BCUT2D eigenvalue weighted by Gasteiger charge is -2.20. The van der Waals surface area contributed by atoms with Gasteiger partial charge in [-0.3, -0.25) is 0 Å². The number of rotatable bonds is 2. The predicted octanol–water partition coefficient (Wildman–Crippen LogP) is 1.78. The molecule has 2 aliphatic heterocycles. The van der Waals surface area contributed by atoms with Gasteiger partial charge in [0.2, 0.25) is 11.8 Å². The van der Waals surface area contributed by atoms with E-state index in [1.807, 2.05) is 0 Å². The maximum atomic E-state index is 5.78. The second-order valence-corrected chi connectivity index (χ2v) is 4.88. The second-order valence-electron chi connectivity index (χ2n) is 4.88. The van der Waals surface area contributed by atoms with Gasteiger partial charge in [-0.05, 0) is 38.6 Å². The molecule has 2 aliphatic rings. The van der Waals surface area contributed by atoms with Crippen LogP contribution >= 0.6 is 0 Å². The molecule has 2 atom stereocenters. The van der Waals surface area contributed by atoms with E-state index in [9.17, 15) is 0 Å². The Bertz CT molecular complexity index is 322. The maximum absolute atomic E-state index is 5.78. The van der Waals surface area contributed by atoms with Gasteiger partial charge in [0.15, 0.2) is 0 Å². The van der Waals surface area contributed by atoms with Crippen molar-refractivity contribution in [2.24, 2.45) is 0 Å². The topological polar surface area (TPSA) is 60.2 Å². The van der Waals surface area contributed by atoms with Crippen molar-refractivity contribution in [3.05, 3.63) is 11.8 Å². The summed E-state index contributed by atoms with van der Waals surface area (Å²) in [5.41, 5.74) is 0. The Hall–Kier alpha value is -0.940. The molecule has 0 radical (unpaired) electrons. The lowest BCUT2D eigenvalue weighted by Crippen LogP contribution is -2.28. The zero-order chi connectivity index (χ0) is 11.5. The van der Waals surface area contributed by atoms with E-state index < -0.39 is 0 Å². The van der Waals surface area contributed by atoms with Crippen LogP contribution in [0, 0.1) is 0 Å². The van der Waals surface area contributed by atoms with Gasteiger partial charge < -0.3 is 14.5 Å². The summed E-state index contributed by atoms with van der Waals surface area (Å²) in [6.45, 7) is 2.86. The smallest absolute Gasteiger partial charge is 0.245 e. The van der Waals surface area contributed by atoms with Crippen molar-refractivity contribution in [2.45, 2.75) is 44.1 Å². The van der Waals surface area contributed by atoms with Crippen molar-refractivity contribution in [1.29, 1.82) is 0 Å². The fourth-order valence-corrected chi connectivity index (χ4v) is 2.54. The Morgan fingerprint density at radius 2 is 2.00 bits per heavy atom. The van der Waals surface area contributed by atoms with Crippen LogP contribution in [0.4, 0.5) is 0 Å². The molecule has 1 N–H and O–H groups in total. The highest BCUT2D eigenvalue weighted by Crippen LogP contribution is 2.29. The molecule has 2 fully saturated rings. The van der Waals surface area contributed by atoms with Crippen molar-refractivity contribution in [3.8, 4) is 0 Å². The number of ether oxygens (including phenoxy) is 1. The average Bonchev–Trinajstić information content (AvgIpc) is 2.90. The van der Waals surface area contributed by atoms with Crippen molar-refractivity contribution >= 4 is 0 Å². The van der Waals surface area contributed by atoms with E-state index in [0.29, 0.717) is 11.8 Å². The molecular formula is C12H19N3O2. The lowest BCUT2D eigenvalue weighted by molar-refractivity contribution is -0.00236. The van der Waals surface area contributed by atoms with E-state index in [1.54, 1.807) is 0 Å². The van der Waals surface area contributed by atoms with E-state index in [4.69, 9.17) is 9.15 Å². The highest BCUT2D eigenvalue weighted by molar-refractivity contribution is 4.96. The van der Waals surface area contributed by atoms with Crippen LogP contribution in [0.1, 0.15) is 55.9 Å². The Kier molecular flexibility index (Phi) is 3.38. The number of nitrogens with zero attached hydrogens (tertiary/aromatic N) is 2. The van der Waals surface area contributed by atoms with Gasteiger partial charge in [0, 0.05) is 19.1 Å². The quantitative estimate of drug-likeness (QED) is 0.849. The molecule has 1 aromatic heterocycles. The van der Waals surface area contributed by atoms with Crippen LogP contribution in [0.2, 0.25) is 0 Å². The van der Waals surface area contributed by atoms with Crippen molar-refractivity contribution in [3.63, 3.8) is 0 Å². The van der Waals surface area contributed by atoms with E-state index in [1.165, 1.54) is 12.8 Å². The number of aromatic nitrogens is 2. The van der Waals surface area contributed by atoms with Gasteiger partial charge in [-0.25, -0.2) is 0 Å². The summed E-state index contributed by atoms with van der Waals surface area (Å²) in [7, 11) is 0. The van der Waals surface area contributed by atoms with Crippen LogP contribution < -0.4 is 5.32 Å². The summed E-state index contributed by atoms with van der Waals surface area (Å²) < 4.78 is 11.4. The fraction of sp³-hybridized carbons (Fsp3) is 0.833. The van der Waals surface area contributed by atoms with Crippen LogP contribution in [-0.2, 0) is 4.74 Å². The Morgan fingerprint density at radius 1 is 1.06 bits per heavy atom. The standard InChI is InChI=1S/C12H19N3O2/c1-2-7-16-10(5-1)12-15-14-11(17-12)9-4-3-6-13-8-9/h9-10,13H,1-8H2. The summed E-state index contributed by atoms with van der Waals surface area (Å²) in [6, 6.07) is 0. The highest BCUT2D eigenvalue weighted by Gasteiger charge is 2.25. The Labute approximate surface area is 101 Å². The first-order valence-corrected chi connectivity index (χ1v) is 6.59. The van der Waals surface area contributed by atoms with Crippen LogP contribution in [0.25, 0.3) is 0 Å². The minimum Gasteiger partial charge on any atom is -0.422 e. The molecule has 5 nitrogen and oxygen atoms in total. The predicted molar refractivity (Wildman–Crippen MR) is 61.7 cm³/mol. The van der Waals surface area contributed by atoms with Gasteiger partial charge in [0.25, 0.3) is 0 Å². The third-order valence-electron chi connectivity index (χ3n) is 3.56. The molecule has 3 heterocycles. The number of hydrogen-bond donors (Lipinski definition) is 1. The van der Waals surface area contributed by atoms with Gasteiger partial charge in [0.05, 0.1) is 0 Å². The average molecular weight is 237 g/mol. The van der Waals surface area contributed by atoms with Crippen molar-refractivity contribution in [2.75, 3.05) is 19.7 Å². The third kappa shape index (κ3) is 2.50. The van der Waals surface area contributed by atoms with Crippen LogP contribution in [0.5, 0.6) is 0 Å². The summed E-state index contributed by atoms with van der Waals surface area (Å²) in [5.74, 6) is 1.83. The molecular weight excluding hydrogens is 218 g/mol. The van der Waals surface area contributed by atoms with E-state index in [0.717, 1.165) is 44.8 Å². The van der Waals surface area contributed by atoms with Crippen molar-refractivity contribution in [1.82, 2.24) is 15.5 Å². The van der Waals surface area contributed by atoms with Crippen LogP contribution in [-0.4, -0.2) is 29.9 Å². The molecule has 0 saturated carbocycles. The molecule has 1 aromatic rings. The first-order valence-electron chi connectivity index (χ1n) is 6.59. The van der Waals surface area contributed by atoms with Gasteiger partial charge in [0.1, 0.15) is 6.10 Å². The van der Waals surface area contributed by atoms with Crippen LogP contribution in [0.3, 0.4) is 0 Å². The van der Waals surface area contributed by atoms with E-state index in [-0.39, 0.29) is 6.10 Å². The molecule has 3 rings (SSSR count). The van der Waals surface area contributed by atoms with Crippen LogP contribution in [0.15, 0.2) is 4.42 Å². The maximum Gasteiger partial charge on any atom is 0.245 e. The second kappa shape index (κ2) is 5.14. The lowest BCUT2D eigenvalue weighted by atomic mass is 10.00. The SMILES string of the molecule is C1CCC(c2nnc(C3CCCNC3)o2)OC1. The molecule has 2 unspecified atom stereocenters. The summed E-state index contributed by atoms with van der Waals surface area (Å²) >= 11 is 0. The Morgan fingerprint density at radius 3 is 2.76 bits per heavy atom. The first kappa shape index (κ1) is 11.2. The summed E-state index contributed by atoms with van der Waals surface area (Å²) in [5, 5.41) is 11.7. The number of nitrogens with one attached hydrogen (secondary N) is 1. The minimum absolute atomic E-state index is 0.0292. The minimum atomic E-state index is 0.0292. The molecule has 0 spiro atoms. The largest absolute Gasteiger partial charge is 0.422 e. The summed E-state index contributed by atoms with van der Waals surface area (Å²) in [6.07, 6.45) is 5.69. The van der Waals surface area contributed by atoms with E-state index >= 15 is 0 Å². The van der Waals surface area contributed by atoms with Gasteiger partial charge >= 0.3 is 0 Å². The van der Waals surface area contributed by atoms with Crippen molar-refractivity contribution < 1.29 is 9.15 Å². The zero-order valence-corrected chi connectivity index (χ0v) is 10.0. The molecule has 0 aromatic carbocycles. The number of hydrogen-bond acceptors (Lipinski definition) is 5.